The van der Waals surface area contributed by atoms with Gasteiger partial charge in [-0.05, 0) is 22.3 Å². The summed E-state index contributed by atoms with van der Waals surface area (Å²) >= 11 is 0. The van der Waals surface area contributed by atoms with Crippen LogP contribution >= 0.6 is 18.5 Å². The van der Waals surface area contributed by atoms with Crippen molar-refractivity contribution >= 4 is 18.5 Å². The van der Waals surface area contributed by atoms with Crippen molar-refractivity contribution in [1.82, 2.24) is 10.6 Å². The third-order valence-electron chi connectivity index (χ3n) is 6.44. The minimum atomic E-state index is -0.166. The van der Waals surface area contributed by atoms with Crippen LogP contribution in [0.2, 0.25) is 0 Å². The highest BCUT2D eigenvalue weighted by molar-refractivity contribution is 7.19. The van der Waals surface area contributed by atoms with Crippen LogP contribution in [0.5, 0.6) is 0 Å². The standard InChI is InChI=1S/C30H34N2P2/c33-29(25-13-5-1-6-14-25,26-15-7-2-8-16-26)23-31-21-22-32-24-30(34,27-17-9-3-10-18-27)28-19-11-4-12-20-28/h1-20,31-32H,21-24,33-34H2. The van der Waals surface area contributed by atoms with E-state index in [0.717, 1.165) is 26.2 Å². The van der Waals surface area contributed by atoms with E-state index in [0.29, 0.717) is 0 Å². The van der Waals surface area contributed by atoms with Gasteiger partial charge in [-0.3, -0.25) is 0 Å². The van der Waals surface area contributed by atoms with Crippen LogP contribution in [0.3, 0.4) is 0 Å². The molecule has 0 fully saturated rings. The average Bonchev–Trinajstić information content (AvgIpc) is 2.92. The Bertz CT molecular complexity index is 948. The lowest BCUT2D eigenvalue weighted by atomic mass is 9.89. The van der Waals surface area contributed by atoms with Crippen molar-refractivity contribution in [2.75, 3.05) is 26.2 Å². The van der Waals surface area contributed by atoms with Gasteiger partial charge < -0.3 is 10.6 Å². The van der Waals surface area contributed by atoms with Gasteiger partial charge in [-0.25, -0.2) is 0 Å². The number of hydrogen-bond acceptors (Lipinski definition) is 2. The third kappa shape index (κ3) is 5.83. The summed E-state index contributed by atoms with van der Waals surface area (Å²) < 4.78 is 0. The van der Waals surface area contributed by atoms with Crippen LogP contribution in [0.15, 0.2) is 121 Å². The molecule has 0 aliphatic rings. The average molecular weight is 485 g/mol. The summed E-state index contributed by atoms with van der Waals surface area (Å²) in [6, 6.07) is 42.9. The molecule has 0 saturated heterocycles. The van der Waals surface area contributed by atoms with E-state index < -0.39 is 0 Å². The van der Waals surface area contributed by atoms with Crippen LogP contribution in [-0.4, -0.2) is 26.2 Å². The van der Waals surface area contributed by atoms with Gasteiger partial charge in [-0.2, -0.15) is 0 Å². The lowest BCUT2D eigenvalue weighted by Crippen LogP contribution is -2.40. The van der Waals surface area contributed by atoms with Gasteiger partial charge in [-0.15, -0.1) is 18.5 Å². The summed E-state index contributed by atoms with van der Waals surface area (Å²) in [5.41, 5.74) is 5.18. The number of rotatable bonds is 11. The van der Waals surface area contributed by atoms with Gasteiger partial charge in [0, 0.05) is 36.5 Å². The fourth-order valence-corrected chi connectivity index (χ4v) is 5.49. The zero-order chi connectivity index (χ0) is 23.7. The van der Waals surface area contributed by atoms with E-state index >= 15 is 0 Å². The van der Waals surface area contributed by atoms with Gasteiger partial charge in [0.15, 0.2) is 0 Å². The van der Waals surface area contributed by atoms with Crippen molar-refractivity contribution in [1.29, 1.82) is 0 Å². The van der Waals surface area contributed by atoms with Gasteiger partial charge in [-0.1, -0.05) is 121 Å². The zero-order valence-electron chi connectivity index (χ0n) is 19.5. The first-order chi connectivity index (χ1) is 16.6. The molecule has 0 heterocycles. The molecule has 4 aromatic carbocycles. The molecule has 2 atom stereocenters. The molecule has 2 unspecified atom stereocenters. The van der Waals surface area contributed by atoms with Gasteiger partial charge in [0.1, 0.15) is 0 Å². The smallest absolute Gasteiger partial charge is 0.0467 e. The first-order valence-corrected chi connectivity index (χ1v) is 13.0. The van der Waals surface area contributed by atoms with Crippen molar-refractivity contribution in [3.63, 3.8) is 0 Å². The van der Waals surface area contributed by atoms with Crippen LogP contribution < -0.4 is 10.6 Å². The Morgan fingerprint density at radius 1 is 0.412 bits per heavy atom. The highest BCUT2D eigenvalue weighted by atomic mass is 31.0. The molecule has 0 aliphatic heterocycles. The molecular weight excluding hydrogens is 450 g/mol. The molecule has 0 bridgehead atoms. The Morgan fingerprint density at radius 2 is 0.647 bits per heavy atom. The summed E-state index contributed by atoms with van der Waals surface area (Å²) in [6.07, 6.45) is 0. The van der Waals surface area contributed by atoms with Crippen molar-refractivity contribution in [3.05, 3.63) is 144 Å². The summed E-state index contributed by atoms with van der Waals surface area (Å²) in [4.78, 5) is 0. The Hall–Kier alpha value is -2.34. The lowest BCUT2D eigenvalue weighted by Gasteiger charge is -2.32. The third-order valence-corrected chi connectivity index (χ3v) is 8.18. The van der Waals surface area contributed by atoms with Gasteiger partial charge in [0.2, 0.25) is 0 Å². The number of nitrogens with one attached hydrogen (secondary N) is 2. The topological polar surface area (TPSA) is 24.1 Å². The Balaban J connectivity index is 1.38. The Morgan fingerprint density at radius 3 is 0.882 bits per heavy atom. The van der Waals surface area contributed by atoms with E-state index in [2.05, 4.69) is 150 Å². The van der Waals surface area contributed by atoms with E-state index in [1.165, 1.54) is 22.3 Å². The van der Waals surface area contributed by atoms with Gasteiger partial charge >= 0.3 is 0 Å². The van der Waals surface area contributed by atoms with Crippen molar-refractivity contribution in [2.45, 2.75) is 10.3 Å². The molecule has 2 nitrogen and oxygen atoms in total. The van der Waals surface area contributed by atoms with Crippen LogP contribution in [0, 0.1) is 0 Å². The second kappa shape index (κ2) is 11.9. The lowest BCUT2D eigenvalue weighted by molar-refractivity contribution is 0.548. The summed E-state index contributed by atoms with van der Waals surface area (Å²) in [5, 5.41) is 7.07. The highest BCUT2D eigenvalue weighted by Gasteiger charge is 2.30. The molecule has 0 spiro atoms. The molecule has 4 heteroatoms. The first kappa shape index (κ1) is 24.8. The molecule has 34 heavy (non-hydrogen) atoms. The summed E-state index contributed by atoms with van der Waals surface area (Å²) in [7, 11) is 6.21. The highest BCUT2D eigenvalue weighted by Crippen LogP contribution is 2.39. The van der Waals surface area contributed by atoms with E-state index in [1.807, 2.05) is 0 Å². The van der Waals surface area contributed by atoms with E-state index in [4.69, 9.17) is 0 Å². The Labute approximate surface area is 209 Å². The minimum Gasteiger partial charge on any atom is -0.314 e. The zero-order valence-corrected chi connectivity index (χ0v) is 21.8. The molecule has 0 radical (unpaired) electrons. The van der Waals surface area contributed by atoms with Crippen molar-refractivity contribution in [2.24, 2.45) is 0 Å². The largest absolute Gasteiger partial charge is 0.314 e. The first-order valence-electron chi connectivity index (χ1n) is 11.8. The van der Waals surface area contributed by atoms with Crippen LogP contribution in [0.1, 0.15) is 22.3 Å². The molecule has 0 amide bonds. The van der Waals surface area contributed by atoms with E-state index in [1.54, 1.807) is 0 Å². The SMILES string of the molecule is PC(CNCCNCC(P)(c1ccccc1)c1ccccc1)(c1ccccc1)c1ccccc1. The second-order valence-corrected chi connectivity index (χ2v) is 10.7. The Kier molecular flexibility index (Phi) is 8.65. The molecule has 4 aromatic rings. The fraction of sp³-hybridized carbons (Fsp3) is 0.200. The molecular formula is C30H34N2P2. The second-order valence-electron chi connectivity index (χ2n) is 8.76. The number of hydrogen-bond donors (Lipinski definition) is 2. The quantitative estimate of drug-likeness (QED) is 0.208. The summed E-state index contributed by atoms with van der Waals surface area (Å²) in [6.45, 7) is 3.47. The van der Waals surface area contributed by atoms with E-state index in [-0.39, 0.29) is 10.3 Å². The van der Waals surface area contributed by atoms with Crippen LogP contribution in [0.4, 0.5) is 0 Å². The normalized spacial score (nSPS) is 11.9. The van der Waals surface area contributed by atoms with Gasteiger partial charge in [0.05, 0.1) is 0 Å². The maximum Gasteiger partial charge on any atom is 0.0467 e. The maximum atomic E-state index is 3.70. The molecule has 2 N–H and O–H groups in total. The fourth-order valence-electron chi connectivity index (χ4n) is 4.43. The van der Waals surface area contributed by atoms with Gasteiger partial charge in [0.25, 0.3) is 0 Å². The van der Waals surface area contributed by atoms with Crippen LogP contribution in [-0.2, 0) is 10.3 Å². The molecule has 0 aromatic heterocycles. The van der Waals surface area contributed by atoms with E-state index in [9.17, 15) is 0 Å². The molecule has 174 valence electrons. The molecule has 0 saturated carbocycles. The molecule has 0 aliphatic carbocycles. The monoisotopic (exact) mass is 484 g/mol. The predicted molar refractivity (Wildman–Crippen MR) is 152 cm³/mol. The minimum absolute atomic E-state index is 0.166. The maximum absolute atomic E-state index is 3.70. The van der Waals surface area contributed by atoms with Crippen LogP contribution in [0.25, 0.3) is 0 Å². The number of benzene rings is 4. The summed E-state index contributed by atoms with van der Waals surface area (Å²) in [5.74, 6) is 0. The van der Waals surface area contributed by atoms with Crippen molar-refractivity contribution < 1.29 is 0 Å². The van der Waals surface area contributed by atoms with Crippen molar-refractivity contribution in [3.8, 4) is 0 Å². The molecule has 4 rings (SSSR count). The predicted octanol–water partition coefficient (Wildman–Crippen LogP) is 5.80.